The Morgan fingerprint density at radius 1 is 1.14 bits per heavy atom. The molecule has 1 amide bonds. The molecule has 1 aromatic heterocycles. The first kappa shape index (κ1) is 19.4. The van der Waals surface area contributed by atoms with Gasteiger partial charge in [-0.1, -0.05) is 23.8 Å². The number of thioether (sulfide) groups is 1. The highest BCUT2D eigenvalue weighted by Gasteiger charge is 2.14. The molecule has 0 saturated heterocycles. The molecule has 1 N–H and O–H groups in total. The van der Waals surface area contributed by atoms with Crippen LogP contribution in [0.25, 0.3) is 11.5 Å². The summed E-state index contributed by atoms with van der Waals surface area (Å²) in [6.07, 6.45) is 0. The maximum absolute atomic E-state index is 12.2. The maximum atomic E-state index is 12.2. The maximum Gasteiger partial charge on any atom is 0.231 e. The summed E-state index contributed by atoms with van der Waals surface area (Å²) in [4.78, 5) is 16.8. The lowest BCUT2D eigenvalue weighted by molar-refractivity contribution is -0.118. The monoisotopic (exact) mass is 410 g/mol. The third-order valence-corrected chi connectivity index (χ3v) is 5.50. The zero-order chi connectivity index (χ0) is 20.2. The number of amides is 1. The average Bonchev–Trinajstić information content (AvgIpc) is 3.32. The molecule has 29 heavy (non-hydrogen) atoms. The average molecular weight is 410 g/mol. The molecule has 6 nitrogen and oxygen atoms in total. The molecule has 0 radical (unpaired) electrons. The largest absolute Gasteiger partial charge is 0.454 e. The number of aryl methyl sites for hydroxylation is 2. The van der Waals surface area contributed by atoms with Crippen LogP contribution in [0.1, 0.15) is 22.6 Å². The first-order valence-corrected chi connectivity index (χ1v) is 10.5. The Bertz CT molecular complexity index is 1030. The lowest BCUT2D eigenvalue weighted by atomic mass is 10.1. The Morgan fingerprint density at radius 3 is 2.86 bits per heavy atom. The minimum Gasteiger partial charge on any atom is -0.454 e. The molecule has 1 aliphatic rings. The molecular formula is C22H22N2O4S. The number of carbonyl (C=O) groups excluding carboxylic acids is 1. The molecule has 0 atom stereocenters. The Kier molecular flexibility index (Phi) is 5.76. The van der Waals surface area contributed by atoms with Gasteiger partial charge in [0.05, 0.1) is 11.4 Å². The number of nitrogens with one attached hydrogen (secondary N) is 1. The van der Waals surface area contributed by atoms with E-state index < -0.39 is 0 Å². The predicted octanol–water partition coefficient (Wildman–Crippen LogP) is 4.24. The summed E-state index contributed by atoms with van der Waals surface area (Å²) in [5, 5.41) is 2.93. The minimum atomic E-state index is -0.0206. The fraction of sp³-hybridized carbons (Fsp3) is 0.273. The van der Waals surface area contributed by atoms with Gasteiger partial charge in [0, 0.05) is 17.9 Å². The van der Waals surface area contributed by atoms with Crippen molar-refractivity contribution in [2.75, 3.05) is 12.5 Å². The van der Waals surface area contributed by atoms with Crippen LogP contribution in [-0.4, -0.2) is 23.4 Å². The lowest BCUT2D eigenvalue weighted by Crippen LogP contribution is -2.24. The van der Waals surface area contributed by atoms with Gasteiger partial charge in [0.1, 0.15) is 5.76 Å². The van der Waals surface area contributed by atoms with Crippen molar-refractivity contribution < 1.29 is 18.7 Å². The number of oxazole rings is 1. The van der Waals surface area contributed by atoms with Crippen molar-refractivity contribution in [3.8, 4) is 23.0 Å². The summed E-state index contributed by atoms with van der Waals surface area (Å²) >= 11 is 1.52. The second-order valence-electron chi connectivity index (χ2n) is 6.85. The second-order valence-corrected chi connectivity index (χ2v) is 7.83. The van der Waals surface area contributed by atoms with Crippen LogP contribution in [0.4, 0.5) is 0 Å². The fourth-order valence-corrected chi connectivity index (χ4v) is 3.86. The summed E-state index contributed by atoms with van der Waals surface area (Å²) in [6.45, 7) is 4.64. The molecule has 0 spiro atoms. The zero-order valence-corrected chi connectivity index (χ0v) is 17.2. The van der Waals surface area contributed by atoms with E-state index in [1.54, 1.807) is 0 Å². The van der Waals surface area contributed by atoms with E-state index in [0.29, 0.717) is 23.9 Å². The standard InChI is InChI=1S/C22H22N2O4S/c1-14-4-3-5-17(8-14)22-24-18(15(2)28-22)11-29-12-21(25)23-10-16-6-7-19-20(9-16)27-13-26-19/h3-9H,10-13H2,1-2H3,(H,23,25). The Balaban J connectivity index is 1.26. The van der Waals surface area contributed by atoms with E-state index in [1.807, 2.05) is 56.3 Å². The molecule has 0 bridgehead atoms. The van der Waals surface area contributed by atoms with E-state index in [9.17, 15) is 4.79 Å². The third-order valence-electron chi connectivity index (χ3n) is 4.56. The first-order chi connectivity index (χ1) is 14.1. The van der Waals surface area contributed by atoms with Crippen LogP contribution in [0.5, 0.6) is 11.5 Å². The van der Waals surface area contributed by atoms with Crippen LogP contribution in [0, 0.1) is 13.8 Å². The zero-order valence-electron chi connectivity index (χ0n) is 16.4. The molecule has 7 heteroatoms. The van der Waals surface area contributed by atoms with Crippen LogP contribution in [0.3, 0.4) is 0 Å². The lowest BCUT2D eigenvalue weighted by Gasteiger charge is -2.06. The van der Waals surface area contributed by atoms with Crippen LogP contribution in [0.15, 0.2) is 46.9 Å². The minimum absolute atomic E-state index is 0.0206. The molecule has 4 rings (SSSR count). The van der Waals surface area contributed by atoms with Crippen molar-refractivity contribution in [3.05, 3.63) is 65.0 Å². The second kappa shape index (κ2) is 8.61. The van der Waals surface area contributed by atoms with Crippen molar-refractivity contribution >= 4 is 17.7 Å². The van der Waals surface area contributed by atoms with E-state index in [1.165, 1.54) is 11.8 Å². The van der Waals surface area contributed by atoms with Gasteiger partial charge in [0.25, 0.3) is 0 Å². The van der Waals surface area contributed by atoms with E-state index in [0.717, 1.165) is 39.6 Å². The van der Waals surface area contributed by atoms with Gasteiger partial charge in [-0.3, -0.25) is 4.79 Å². The number of ether oxygens (including phenoxy) is 2. The van der Waals surface area contributed by atoms with Crippen molar-refractivity contribution in [1.82, 2.24) is 10.3 Å². The highest BCUT2D eigenvalue weighted by Crippen LogP contribution is 2.32. The van der Waals surface area contributed by atoms with Crippen molar-refractivity contribution in [3.63, 3.8) is 0 Å². The van der Waals surface area contributed by atoms with E-state index in [4.69, 9.17) is 13.9 Å². The smallest absolute Gasteiger partial charge is 0.231 e. The van der Waals surface area contributed by atoms with Gasteiger partial charge in [-0.2, -0.15) is 0 Å². The van der Waals surface area contributed by atoms with E-state index in [-0.39, 0.29) is 12.7 Å². The van der Waals surface area contributed by atoms with Crippen molar-refractivity contribution in [1.29, 1.82) is 0 Å². The number of hydrogen-bond donors (Lipinski definition) is 1. The Labute approximate surface area is 173 Å². The predicted molar refractivity (Wildman–Crippen MR) is 112 cm³/mol. The van der Waals surface area contributed by atoms with Crippen molar-refractivity contribution in [2.24, 2.45) is 0 Å². The summed E-state index contributed by atoms with van der Waals surface area (Å²) in [5.74, 6) is 3.83. The SMILES string of the molecule is Cc1cccc(-c2nc(CSCC(=O)NCc3ccc4c(c3)OCO4)c(C)o2)c1. The van der Waals surface area contributed by atoms with Gasteiger partial charge in [-0.05, 0) is 43.7 Å². The summed E-state index contributed by atoms with van der Waals surface area (Å²) in [5.41, 5.74) is 3.97. The molecule has 2 aromatic carbocycles. The number of rotatable bonds is 7. The van der Waals surface area contributed by atoms with E-state index in [2.05, 4.69) is 10.3 Å². The number of carbonyl (C=O) groups is 1. The highest BCUT2D eigenvalue weighted by molar-refractivity contribution is 7.99. The summed E-state index contributed by atoms with van der Waals surface area (Å²) in [6, 6.07) is 13.7. The van der Waals surface area contributed by atoms with Crippen molar-refractivity contribution in [2.45, 2.75) is 26.1 Å². The number of fused-ring (bicyclic) bond motifs is 1. The topological polar surface area (TPSA) is 73.6 Å². The summed E-state index contributed by atoms with van der Waals surface area (Å²) in [7, 11) is 0. The normalized spacial score (nSPS) is 12.2. The molecule has 3 aromatic rings. The molecule has 0 fully saturated rings. The number of benzene rings is 2. The molecule has 0 saturated carbocycles. The van der Waals surface area contributed by atoms with Gasteiger partial charge in [0.2, 0.25) is 18.6 Å². The molecule has 2 heterocycles. The van der Waals surface area contributed by atoms with Gasteiger partial charge < -0.3 is 19.2 Å². The fourth-order valence-electron chi connectivity index (χ4n) is 3.01. The Hall–Kier alpha value is -2.93. The first-order valence-electron chi connectivity index (χ1n) is 9.35. The quantitative estimate of drug-likeness (QED) is 0.628. The van der Waals surface area contributed by atoms with Gasteiger partial charge in [0.15, 0.2) is 11.5 Å². The van der Waals surface area contributed by atoms with Crippen LogP contribution < -0.4 is 14.8 Å². The molecule has 1 aliphatic heterocycles. The molecule has 0 unspecified atom stereocenters. The van der Waals surface area contributed by atoms with Crippen LogP contribution >= 0.6 is 11.8 Å². The van der Waals surface area contributed by atoms with Gasteiger partial charge in [-0.25, -0.2) is 4.98 Å². The number of hydrogen-bond acceptors (Lipinski definition) is 6. The third kappa shape index (κ3) is 4.74. The van der Waals surface area contributed by atoms with E-state index >= 15 is 0 Å². The summed E-state index contributed by atoms with van der Waals surface area (Å²) < 4.78 is 16.5. The Morgan fingerprint density at radius 2 is 2.00 bits per heavy atom. The number of nitrogens with zero attached hydrogens (tertiary/aromatic N) is 1. The van der Waals surface area contributed by atoms with Crippen LogP contribution in [-0.2, 0) is 17.1 Å². The molecular weight excluding hydrogens is 388 g/mol. The molecule has 150 valence electrons. The van der Waals surface area contributed by atoms with Crippen LogP contribution in [0.2, 0.25) is 0 Å². The highest BCUT2D eigenvalue weighted by atomic mass is 32.2. The number of aromatic nitrogens is 1. The molecule has 0 aliphatic carbocycles. The van der Waals surface area contributed by atoms with Gasteiger partial charge in [-0.15, -0.1) is 11.8 Å². The van der Waals surface area contributed by atoms with Gasteiger partial charge >= 0.3 is 0 Å².